The average Bonchev–Trinajstić information content (AvgIpc) is 3.00. The van der Waals surface area contributed by atoms with Gasteiger partial charge in [0.05, 0.1) is 5.69 Å². The Balaban J connectivity index is 1.83. The predicted molar refractivity (Wildman–Crippen MR) is 96.8 cm³/mol. The van der Waals surface area contributed by atoms with Crippen molar-refractivity contribution in [1.29, 1.82) is 0 Å². The van der Waals surface area contributed by atoms with E-state index >= 15 is 0 Å². The summed E-state index contributed by atoms with van der Waals surface area (Å²) in [7, 11) is 0. The minimum Gasteiger partial charge on any atom is -0.476 e. The Morgan fingerprint density at radius 3 is 2.42 bits per heavy atom. The molecule has 0 amide bonds. The maximum absolute atomic E-state index is 11.6. The SMILES string of the molecule is CC(C)(C)c1ccc(CNc2ccc3cccn3c2C(=O)O)cc1. The quantitative estimate of drug-likeness (QED) is 0.741. The van der Waals surface area contributed by atoms with Crippen molar-refractivity contribution in [3.63, 3.8) is 0 Å². The molecule has 24 heavy (non-hydrogen) atoms. The molecular formula is C20H22N2O2. The van der Waals surface area contributed by atoms with Gasteiger partial charge < -0.3 is 14.8 Å². The second kappa shape index (κ2) is 6.04. The van der Waals surface area contributed by atoms with Crippen LogP contribution in [0.4, 0.5) is 5.69 Å². The number of carboxylic acids is 1. The Bertz CT molecular complexity index is 871. The number of aromatic nitrogens is 1. The van der Waals surface area contributed by atoms with Crippen LogP contribution in [-0.4, -0.2) is 15.5 Å². The van der Waals surface area contributed by atoms with Crippen LogP contribution in [0.15, 0.2) is 54.7 Å². The molecule has 3 rings (SSSR count). The van der Waals surface area contributed by atoms with Gasteiger partial charge in [-0.1, -0.05) is 45.0 Å². The molecule has 0 spiro atoms. The second-order valence-corrected chi connectivity index (χ2v) is 7.00. The van der Waals surface area contributed by atoms with E-state index in [1.165, 1.54) is 5.56 Å². The number of nitrogens with zero attached hydrogens (tertiary/aromatic N) is 1. The van der Waals surface area contributed by atoms with Crippen LogP contribution in [0.3, 0.4) is 0 Å². The molecule has 3 aromatic rings. The van der Waals surface area contributed by atoms with Crippen molar-refractivity contribution in [3.05, 3.63) is 71.5 Å². The molecule has 2 aromatic heterocycles. The number of nitrogens with one attached hydrogen (secondary N) is 1. The van der Waals surface area contributed by atoms with Gasteiger partial charge in [0, 0.05) is 18.3 Å². The van der Waals surface area contributed by atoms with Gasteiger partial charge in [-0.05, 0) is 40.8 Å². The number of hydrogen-bond donors (Lipinski definition) is 2. The number of pyridine rings is 1. The van der Waals surface area contributed by atoms with Crippen LogP contribution in [0.2, 0.25) is 0 Å². The predicted octanol–water partition coefficient (Wildman–Crippen LogP) is 4.55. The number of hydrogen-bond acceptors (Lipinski definition) is 2. The minimum atomic E-state index is -0.942. The molecule has 4 heteroatoms. The number of carboxylic acid groups (broad SMARTS) is 1. The second-order valence-electron chi connectivity index (χ2n) is 7.00. The van der Waals surface area contributed by atoms with Crippen molar-refractivity contribution in [2.24, 2.45) is 0 Å². The third-order valence-corrected chi connectivity index (χ3v) is 4.20. The first-order valence-electron chi connectivity index (χ1n) is 8.03. The fourth-order valence-corrected chi connectivity index (χ4v) is 2.79. The van der Waals surface area contributed by atoms with E-state index in [0.717, 1.165) is 11.1 Å². The lowest BCUT2D eigenvalue weighted by Crippen LogP contribution is -2.12. The smallest absolute Gasteiger partial charge is 0.355 e. The van der Waals surface area contributed by atoms with E-state index in [1.54, 1.807) is 10.6 Å². The van der Waals surface area contributed by atoms with Gasteiger partial charge in [-0.25, -0.2) is 4.79 Å². The summed E-state index contributed by atoms with van der Waals surface area (Å²) in [5.74, 6) is -0.942. The maximum atomic E-state index is 11.6. The van der Waals surface area contributed by atoms with Crippen molar-refractivity contribution < 1.29 is 9.90 Å². The number of benzene rings is 1. The molecule has 0 bridgehead atoms. The van der Waals surface area contributed by atoms with Crippen LogP contribution in [0.5, 0.6) is 0 Å². The Morgan fingerprint density at radius 1 is 1.08 bits per heavy atom. The summed E-state index contributed by atoms with van der Waals surface area (Å²) >= 11 is 0. The number of rotatable bonds is 4. The molecule has 0 aliphatic rings. The number of fused-ring (bicyclic) bond motifs is 1. The molecule has 0 saturated carbocycles. The summed E-state index contributed by atoms with van der Waals surface area (Å²) in [5.41, 5.74) is 4.27. The van der Waals surface area contributed by atoms with Gasteiger partial charge in [0.15, 0.2) is 5.69 Å². The zero-order valence-corrected chi connectivity index (χ0v) is 14.2. The molecular weight excluding hydrogens is 300 g/mol. The van der Waals surface area contributed by atoms with Gasteiger partial charge >= 0.3 is 5.97 Å². The summed E-state index contributed by atoms with van der Waals surface area (Å²) < 4.78 is 1.69. The Hall–Kier alpha value is -2.75. The van der Waals surface area contributed by atoms with Crippen LogP contribution < -0.4 is 5.32 Å². The van der Waals surface area contributed by atoms with Crippen molar-refractivity contribution in [2.75, 3.05) is 5.32 Å². The van der Waals surface area contributed by atoms with Crippen molar-refractivity contribution in [2.45, 2.75) is 32.7 Å². The first-order chi connectivity index (χ1) is 11.4. The van der Waals surface area contributed by atoms with Gasteiger partial charge in [-0.2, -0.15) is 0 Å². The number of anilines is 1. The van der Waals surface area contributed by atoms with E-state index in [9.17, 15) is 9.90 Å². The average molecular weight is 322 g/mol. The number of aromatic carboxylic acids is 1. The van der Waals surface area contributed by atoms with E-state index in [4.69, 9.17) is 0 Å². The molecule has 0 radical (unpaired) electrons. The topological polar surface area (TPSA) is 53.7 Å². The molecule has 0 fully saturated rings. The van der Waals surface area contributed by atoms with Crippen LogP contribution in [-0.2, 0) is 12.0 Å². The van der Waals surface area contributed by atoms with Crippen LogP contribution in [0, 0.1) is 0 Å². The first kappa shape index (κ1) is 16.1. The first-order valence-corrected chi connectivity index (χ1v) is 8.03. The van der Waals surface area contributed by atoms with Gasteiger partial charge in [0.1, 0.15) is 0 Å². The lowest BCUT2D eigenvalue weighted by atomic mass is 9.87. The molecule has 0 atom stereocenters. The molecule has 0 saturated heterocycles. The largest absolute Gasteiger partial charge is 0.476 e. The van der Waals surface area contributed by atoms with E-state index < -0.39 is 5.97 Å². The fourth-order valence-electron chi connectivity index (χ4n) is 2.79. The molecule has 2 N–H and O–H groups in total. The summed E-state index contributed by atoms with van der Waals surface area (Å²) in [6.07, 6.45) is 1.77. The van der Waals surface area contributed by atoms with Crippen molar-refractivity contribution in [3.8, 4) is 0 Å². The molecule has 0 aliphatic carbocycles. The van der Waals surface area contributed by atoms with Gasteiger partial charge in [0.25, 0.3) is 0 Å². The molecule has 0 aliphatic heterocycles. The molecule has 1 aromatic carbocycles. The molecule has 0 unspecified atom stereocenters. The maximum Gasteiger partial charge on any atom is 0.355 e. The monoisotopic (exact) mass is 322 g/mol. The molecule has 4 nitrogen and oxygen atoms in total. The normalized spacial score (nSPS) is 11.6. The Labute approximate surface area is 141 Å². The third-order valence-electron chi connectivity index (χ3n) is 4.20. The van der Waals surface area contributed by atoms with Gasteiger partial charge in [0.2, 0.25) is 0 Å². The highest BCUT2D eigenvalue weighted by molar-refractivity contribution is 5.93. The summed E-state index contributed by atoms with van der Waals surface area (Å²) in [6.45, 7) is 7.14. The Morgan fingerprint density at radius 2 is 1.79 bits per heavy atom. The van der Waals surface area contributed by atoms with E-state index in [-0.39, 0.29) is 11.1 Å². The van der Waals surface area contributed by atoms with Crippen LogP contribution >= 0.6 is 0 Å². The molecule has 124 valence electrons. The third kappa shape index (κ3) is 3.13. The summed E-state index contributed by atoms with van der Waals surface area (Å²) in [4.78, 5) is 11.6. The molecule has 2 heterocycles. The van der Waals surface area contributed by atoms with Crippen LogP contribution in [0.1, 0.15) is 42.4 Å². The lowest BCUT2D eigenvalue weighted by Gasteiger charge is -2.19. The van der Waals surface area contributed by atoms with Gasteiger partial charge in [-0.15, -0.1) is 0 Å². The van der Waals surface area contributed by atoms with Crippen molar-refractivity contribution >= 4 is 17.2 Å². The van der Waals surface area contributed by atoms with E-state index in [1.807, 2.05) is 24.3 Å². The fraction of sp³-hybridized carbons (Fsp3) is 0.250. The number of carbonyl (C=O) groups is 1. The summed E-state index contributed by atoms with van der Waals surface area (Å²) in [6, 6.07) is 15.9. The lowest BCUT2D eigenvalue weighted by molar-refractivity contribution is 0.0690. The summed E-state index contributed by atoms with van der Waals surface area (Å²) in [5, 5.41) is 12.8. The minimum absolute atomic E-state index is 0.127. The highest BCUT2D eigenvalue weighted by atomic mass is 16.4. The van der Waals surface area contributed by atoms with E-state index in [0.29, 0.717) is 12.2 Å². The van der Waals surface area contributed by atoms with Crippen molar-refractivity contribution in [1.82, 2.24) is 4.40 Å². The zero-order chi connectivity index (χ0) is 17.3. The van der Waals surface area contributed by atoms with Gasteiger partial charge in [-0.3, -0.25) is 0 Å². The van der Waals surface area contributed by atoms with E-state index in [2.05, 4.69) is 50.4 Å². The van der Waals surface area contributed by atoms with Crippen LogP contribution in [0.25, 0.3) is 5.52 Å². The zero-order valence-electron chi connectivity index (χ0n) is 14.2. The highest BCUT2D eigenvalue weighted by Gasteiger charge is 2.15. The standard InChI is InChI=1S/C20H22N2O2/c1-20(2,3)15-8-6-14(7-9-15)13-21-17-11-10-16-5-4-12-22(16)18(17)19(23)24/h4-12,21H,13H2,1-3H3,(H,23,24). The Kier molecular flexibility index (Phi) is 4.06. The highest BCUT2D eigenvalue weighted by Crippen LogP contribution is 2.23.